The lowest BCUT2D eigenvalue weighted by molar-refractivity contribution is 0.00578. The van der Waals surface area contributed by atoms with E-state index in [1.807, 2.05) is 48.5 Å². The first-order valence-electron chi connectivity index (χ1n) is 8.98. The molecule has 0 bridgehead atoms. The Balaban J connectivity index is 2.22. The van der Waals surface area contributed by atoms with Crippen molar-refractivity contribution >= 4 is 7.12 Å². The summed E-state index contributed by atoms with van der Waals surface area (Å²) < 4.78 is 27.1. The highest BCUT2D eigenvalue weighted by atomic mass is 19.1. The van der Waals surface area contributed by atoms with Crippen molar-refractivity contribution in [1.29, 1.82) is 0 Å². The maximum Gasteiger partial charge on any atom is 0.525 e. The van der Waals surface area contributed by atoms with Crippen molar-refractivity contribution in [2.75, 3.05) is 19.6 Å². The van der Waals surface area contributed by atoms with Gasteiger partial charge in [-0.25, -0.2) is 4.39 Å². The van der Waals surface area contributed by atoms with Gasteiger partial charge in [-0.05, 0) is 51.5 Å². The molecule has 0 atom stereocenters. The number of likely N-dealkylation sites (tertiary alicyclic amines) is 1. The van der Waals surface area contributed by atoms with E-state index in [-0.39, 0.29) is 17.2 Å². The molecule has 24 heavy (non-hydrogen) atoms. The van der Waals surface area contributed by atoms with Crippen LogP contribution >= 0.6 is 0 Å². The summed E-state index contributed by atoms with van der Waals surface area (Å²) in [5.41, 5.74) is -0.992. The zero-order valence-corrected chi connectivity index (χ0v) is 16.3. The number of aliphatic hydroxyl groups excluding tert-OH is 1. The SMILES string of the molecule is CC(C)(C)C(CN1CCC(O)CC1)=C(F)B1OC(C)(C)C(C)(C)O1. The summed E-state index contributed by atoms with van der Waals surface area (Å²) in [6.45, 7) is 15.9. The number of aliphatic hydroxyl groups is 1. The molecule has 2 aliphatic rings. The van der Waals surface area contributed by atoms with E-state index in [0.717, 1.165) is 31.5 Å². The lowest BCUT2D eigenvalue weighted by Crippen LogP contribution is -2.41. The second-order valence-electron chi connectivity index (χ2n) is 9.17. The Morgan fingerprint density at radius 2 is 1.58 bits per heavy atom. The van der Waals surface area contributed by atoms with Crippen LogP contribution in [0.3, 0.4) is 0 Å². The number of piperidine rings is 1. The van der Waals surface area contributed by atoms with Crippen LogP contribution in [0.2, 0.25) is 0 Å². The van der Waals surface area contributed by atoms with Crippen LogP contribution in [0.25, 0.3) is 0 Å². The van der Waals surface area contributed by atoms with Gasteiger partial charge in [-0.1, -0.05) is 20.8 Å². The van der Waals surface area contributed by atoms with Crippen molar-refractivity contribution in [2.45, 2.75) is 78.6 Å². The summed E-state index contributed by atoms with van der Waals surface area (Å²) in [7, 11) is -0.945. The van der Waals surface area contributed by atoms with Crippen molar-refractivity contribution in [3.8, 4) is 0 Å². The highest BCUT2D eigenvalue weighted by molar-refractivity contribution is 6.53. The van der Waals surface area contributed by atoms with E-state index >= 15 is 4.39 Å². The summed E-state index contributed by atoms with van der Waals surface area (Å²) in [6, 6.07) is 0. The number of rotatable bonds is 3. The van der Waals surface area contributed by atoms with Crippen molar-refractivity contribution in [1.82, 2.24) is 4.90 Å². The van der Waals surface area contributed by atoms with E-state index in [4.69, 9.17) is 9.31 Å². The molecule has 0 radical (unpaired) electrons. The van der Waals surface area contributed by atoms with Crippen LogP contribution in [-0.4, -0.2) is 54.1 Å². The molecule has 4 nitrogen and oxygen atoms in total. The maximum absolute atomic E-state index is 15.3. The predicted molar refractivity (Wildman–Crippen MR) is 95.4 cm³/mol. The third kappa shape index (κ3) is 4.21. The van der Waals surface area contributed by atoms with Crippen LogP contribution < -0.4 is 0 Å². The Kier molecular flexibility index (Phi) is 5.56. The number of hydrogen-bond acceptors (Lipinski definition) is 4. The van der Waals surface area contributed by atoms with Crippen LogP contribution in [0.15, 0.2) is 11.3 Å². The molecule has 6 heteroatoms. The number of halogens is 1. The van der Waals surface area contributed by atoms with E-state index in [1.165, 1.54) is 0 Å². The van der Waals surface area contributed by atoms with Gasteiger partial charge in [0.2, 0.25) is 0 Å². The summed E-state index contributed by atoms with van der Waals surface area (Å²) in [5.74, 6) is 0. The van der Waals surface area contributed by atoms with Crippen LogP contribution in [0.5, 0.6) is 0 Å². The van der Waals surface area contributed by atoms with E-state index in [9.17, 15) is 5.11 Å². The van der Waals surface area contributed by atoms with Crippen LogP contribution in [0, 0.1) is 5.41 Å². The van der Waals surface area contributed by atoms with Gasteiger partial charge in [-0.15, -0.1) is 0 Å². The fourth-order valence-corrected chi connectivity index (χ4v) is 3.06. The molecule has 2 rings (SSSR count). The van der Waals surface area contributed by atoms with Crippen molar-refractivity contribution in [3.05, 3.63) is 11.3 Å². The van der Waals surface area contributed by atoms with Crippen LogP contribution in [0.4, 0.5) is 4.39 Å². The van der Waals surface area contributed by atoms with E-state index in [1.54, 1.807) is 0 Å². The van der Waals surface area contributed by atoms with E-state index in [2.05, 4.69) is 4.90 Å². The van der Waals surface area contributed by atoms with Crippen LogP contribution in [0.1, 0.15) is 61.3 Å². The Morgan fingerprint density at radius 1 is 1.12 bits per heavy atom. The third-order valence-corrected chi connectivity index (χ3v) is 5.59. The monoisotopic (exact) mass is 341 g/mol. The lowest BCUT2D eigenvalue weighted by atomic mass is 9.75. The highest BCUT2D eigenvalue weighted by Gasteiger charge is 2.54. The maximum atomic E-state index is 15.3. The quantitative estimate of drug-likeness (QED) is 0.800. The first kappa shape index (κ1) is 19.9. The molecule has 1 N–H and O–H groups in total. The molecule has 0 aromatic heterocycles. The van der Waals surface area contributed by atoms with Crippen molar-refractivity contribution in [3.63, 3.8) is 0 Å². The van der Waals surface area contributed by atoms with Gasteiger partial charge < -0.3 is 14.4 Å². The first-order chi connectivity index (χ1) is 10.8. The van der Waals surface area contributed by atoms with Gasteiger partial charge in [0.15, 0.2) is 0 Å². The summed E-state index contributed by atoms with van der Waals surface area (Å²) in [4.78, 5) is 2.21. The summed E-state index contributed by atoms with van der Waals surface area (Å²) >= 11 is 0. The van der Waals surface area contributed by atoms with Gasteiger partial charge in [0.05, 0.1) is 17.3 Å². The topological polar surface area (TPSA) is 41.9 Å². The van der Waals surface area contributed by atoms with Gasteiger partial charge in [0, 0.05) is 19.6 Å². The fraction of sp³-hybridized carbons (Fsp3) is 0.889. The summed E-state index contributed by atoms with van der Waals surface area (Å²) in [5, 5.41) is 9.67. The van der Waals surface area contributed by atoms with Gasteiger partial charge >= 0.3 is 7.12 Å². The van der Waals surface area contributed by atoms with Gasteiger partial charge in [-0.2, -0.15) is 0 Å². The molecular formula is C18H33BFNO3. The average molecular weight is 341 g/mol. The number of nitrogens with zero attached hydrogens (tertiary/aromatic N) is 1. The fourth-order valence-electron chi connectivity index (χ4n) is 3.06. The second kappa shape index (κ2) is 6.71. The molecule has 2 aliphatic heterocycles. The zero-order valence-electron chi connectivity index (χ0n) is 16.3. The van der Waals surface area contributed by atoms with Gasteiger partial charge in [-0.3, -0.25) is 4.90 Å². The molecule has 0 aromatic rings. The first-order valence-corrected chi connectivity index (χ1v) is 8.98. The largest absolute Gasteiger partial charge is 0.525 e. The third-order valence-electron chi connectivity index (χ3n) is 5.59. The summed E-state index contributed by atoms with van der Waals surface area (Å²) in [6.07, 6.45) is 1.27. The zero-order chi connectivity index (χ0) is 18.3. The van der Waals surface area contributed by atoms with Crippen LogP contribution in [-0.2, 0) is 9.31 Å². The van der Waals surface area contributed by atoms with Gasteiger partial charge in [0.25, 0.3) is 0 Å². The molecule has 0 spiro atoms. The Hall–Kier alpha value is -0.425. The number of hydrogen-bond donors (Lipinski definition) is 1. The molecule has 0 unspecified atom stereocenters. The van der Waals surface area contributed by atoms with E-state index < -0.39 is 18.3 Å². The molecule has 0 amide bonds. The minimum atomic E-state index is -0.945. The molecule has 2 saturated heterocycles. The van der Waals surface area contributed by atoms with E-state index in [0.29, 0.717) is 6.54 Å². The standard InChI is InChI=1S/C18H33BFNO3/c1-16(2,3)14(12-21-10-8-13(22)9-11-21)15(20)19-23-17(4,5)18(6,7)24-19/h13,22H,8-12H2,1-7H3. The van der Waals surface area contributed by atoms with Crippen molar-refractivity contribution < 1.29 is 18.8 Å². The Labute approximate surface area is 146 Å². The molecule has 138 valence electrons. The minimum Gasteiger partial charge on any atom is -0.398 e. The highest BCUT2D eigenvalue weighted by Crippen LogP contribution is 2.41. The molecule has 2 heterocycles. The molecule has 0 aromatic carbocycles. The Morgan fingerprint density at radius 3 is 2.00 bits per heavy atom. The smallest absolute Gasteiger partial charge is 0.398 e. The second-order valence-corrected chi connectivity index (χ2v) is 9.17. The minimum absolute atomic E-state index is 0.226. The Bertz CT molecular complexity index is 475. The molecule has 0 aliphatic carbocycles. The normalized spacial score (nSPS) is 26.6. The average Bonchev–Trinajstić information content (AvgIpc) is 2.65. The molecule has 2 fully saturated rings. The lowest BCUT2D eigenvalue weighted by Gasteiger charge is -2.34. The molecular weight excluding hydrogens is 308 g/mol. The molecule has 0 saturated carbocycles. The van der Waals surface area contributed by atoms with Crippen molar-refractivity contribution in [2.24, 2.45) is 5.41 Å². The van der Waals surface area contributed by atoms with Gasteiger partial charge in [0.1, 0.15) is 5.73 Å². The predicted octanol–water partition coefficient (Wildman–Crippen LogP) is 3.34.